The Morgan fingerprint density at radius 1 is 1.26 bits per heavy atom. The number of benzene rings is 2. The number of fused-ring (bicyclic) bond motifs is 3. The number of nitrogens with one attached hydrogen (secondary N) is 1. The van der Waals surface area contributed by atoms with E-state index in [2.05, 4.69) is 4.98 Å². The quantitative estimate of drug-likeness (QED) is 0.706. The monoisotopic (exact) mass is 335 g/mol. The Hall–Kier alpha value is -2.00. The van der Waals surface area contributed by atoms with Crippen molar-refractivity contribution in [1.29, 1.82) is 0 Å². The summed E-state index contributed by atoms with van der Waals surface area (Å²) in [6.07, 6.45) is 0. The summed E-state index contributed by atoms with van der Waals surface area (Å²) in [5.74, 6) is -0.0476. The molecule has 0 saturated carbocycles. The number of thioether (sulfide) groups is 1. The van der Waals surface area contributed by atoms with Crippen LogP contribution < -0.4 is 5.23 Å². The van der Waals surface area contributed by atoms with Crippen LogP contribution in [0.15, 0.2) is 36.4 Å². The molecule has 0 amide bonds. The zero-order chi connectivity index (χ0) is 16.1. The lowest BCUT2D eigenvalue weighted by atomic mass is 10.2. The van der Waals surface area contributed by atoms with Gasteiger partial charge in [-0.3, -0.25) is 0 Å². The van der Waals surface area contributed by atoms with Crippen molar-refractivity contribution in [2.24, 2.45) is 0 Å². The van der Waals surface area contributed by atoms with E-state index in [4.69, 9.17) is 5.21 Å². The Bertz CT molecular complexity index is 893. The molecule has 0 fully saturated rings. The molecular formula is C15H11F2N3O2S. The van der Waals surface area contributed by atoms with E-state index in [1.165, 1.54) is 42.1 Å². The van der Waals surface area contributed by atoms with E-state index in [1.54, 1.807) is 10.6 Å². The lowest BCUT2D eigenvalue weighted by Gasteiger charge is -2.16. The van der Waals surface area contributed by atoms with Crippen molar-refractivity contribution in [3.8, 4) is 0 Å². The molecule has 0 spiro atoms. The Kier molecular flexibility index (Phi) is 3.34. The van der Waals surface area contributed by atoms with Gasteiger partial charge >= 0.3 is 0 Å². The highest BCUT2D eigenvalue weighted by Gasteiger charge is 2.32. The van der Waals surface area contributed by atoms with Gasteiger partial charge in [0.1, 0.15) is 22.8 Å². The van der Waals surface area contributed by atoms with Gasteiger partial charge in [-0.05, 0) is 18.2 Å². The Morgan fingerprint density at radius 3 is 2.70 bits per heavy atom. The standard InChI is InChI=1S/C15H11F2N3O2S/c16-9-2-1-3-10(17)14(9)15-19-12-6-8(20(21)22)4-5-11(12)18-13(19)7-23-15/h1-6,15,20-21H,7H2. The maximum absolute atomic E-state index is 14.1. The summed E-state index contributed by atoms with van der Waals surface area (Å²) < 4.78 is 30.0. The van der Waals surface area contributed by atoms with E-state index in [0.29, 0.717) is 22.6 Å². The summed E-state index contributed by atoms with van der Waals surface area (Å²) in [7, 11) is 0. The molecule has 1 aromatic heterocycles. The minimum Gasteiger partial charge on any atom is -0.595 e. The van der Waals surface area contributed by atoms with Crippen LogP contribution in [0.3, 0.4) is 0 Å². The van der Waals surface area contributed by atoms with Gasteiger partial charge in [-0.25, -0.2) is 19.0 Å². The fourth-order valence-electron chi connectivity index (χ4n) is 2.83. The van der Waals surface area contributed by atoms with E-state index in [0.717, 1.165) is 0 Å². The Morgan fingerprint density at radius 2 is 2.00 bits per heavy atom. The second-order valence-electron chi connectivity index (χ2n) is 5.21. The first-order valence-corrected chi connectivity index (χ1v) is 7.91. The number of halogens is 2. The van der Waals surface area contributed by atoms with Gasteiger partial charge in [-0.2, -0.15) is 5.23 Å². The topological polar surface area (TPSA) is 65.6 Å². The molecule has 0 saturated heterocycles. The molecule has 2 aromatic carbocycles. The van der Waals surface area contributed by atoms with Crippen LogP contribution in [0.5, 0.6) is 0 Å². The molecule has 23 heavy (non-hydrogen) atoms. The van der Waals surface area contributed by atoms with Crippen LogP contribution in [0.4, 0.5) is 14.5 Å². The van der Waals surface area contributed by atoms with Gasteiger partial charge in [0.15, 0.2) is 5.69 Å². The summed E-state index contributed by atoms with van der Waals surface area (Å²) in [5, 5.41) is 18.7. The number of hydrogen-bond acceptors (Lipinski definition) is 4. The molecule has 8 heteroatoms. The van der Waals surface area contributed by atoms with Crippen LogP contribution in [0, 0.1) is 16.8 Å². The number of aromatic nitrogens is 2. The van der Waals surface area contributed by atoms with E-state index in [9.17, 15) is 14.0 Å². The first-order chi connectivity index (χ1) is 11.1. The highest BCUT2D eigenvalue weighted by Crippen LogP contribution is 2.44. The molecular weight excluding hydrogens is 324 g/mol. The predicted molar refractivity (Wildman–Crippen MR) is 81.3 cm³/mol. The normalized spacial score (nSPS) is 18.3. The zero-order valence-corrected chi connectivity index (χ0v) is 12.5. The number of nitrogens with zero attached hydrogens (tertiary/aromatic N) is 2. The second-order valence-corrected chi connectivity index (χ2v) is 6.27. The van der Waals surface area contributed by atoms with E-state index < -0.39 is 22.2 Å². The smallest absolute Gasteiger partial charge is 0.166 e. The molecule has 2 heterocycles. The lowest BCUT2D eigenvalue weighted by molar-refractivity contribution is -0.991. The predicted octanol–water partition coefficient (Wildman–Crippen LogP) is 2.51. The first kappa shape index (κ1) is 14.6. The van der Waals surface area contributed by atoms with Crippen molar-refractivity contribution in [3.63, 3.8) is 0 Å². The first-order valence-electron chi connectivity index (χ1n) is 6.86. The molecule has 2 unspecified atom stereocenters. The van der Waals surface area contributed by atoms with Gasteiger partial charge in [0, 0.05) is 12.1 Å². The van der Waals surface area contributed by atoms with Crippen molar-refractivity contribution < 1.29 is 19.2 Å². The maximum Gasteiger partial charge on any atom is 0.166 e. The molecule has 2 atom stereocenters. The summed E-state index contributed by atoms with van der Waals surface area (Å²) in [5.41, 5.74) is 1.27. The molecule has 1 aliphatic heterocycles. The minimum atomic E-state index is -1.05. The SMILES string of the molecule is [O-][NH+](O)c1ccc2nc3n(c2c1)C(c1c(F)cccc1F)SC3. The fourth-order valence-corrected chi connectivity index (χ4v) is 4.11. The third kappa shape index (κ3) is 2.22. The highest BCUT2D eigenvalue weighted by atomic mass is 32.2. The van der Waals surface area contributed by atoms with Crippen LogP contribution >= 0.6 is 11.8 Å². The van der Waals surface area contributed by atoms with Gasteiger partial charge in [0.2, 0.25) is 0 Å². The van der Waals surface area contributed by atoms with E-state index in [-0.39, 0.29) is 11.3 Å². The summed E-state index contributed by atoms with van der Waals surface area (Å²) >= 11 is 1.36. The Labute approximate surface area is 133 Å². The van der Waals surface area contributed by atoms with Crippen LogP contribution in [-0.4, -0.2) is 14.8 Å². The third-order valence-corrected chi connectivity index (χ3v) is 5.05. The number of imidazole rings is 1. The van der Waals surface area contributed by atoms with Crippen molar-refractivity contribution >= 4 is 28.5 Å². The van der Waals surface area contributed by atoms with Gasteiger partial charge in [0.05, 0.1) is 22.3 Å². The molecule has 3 aromatic rings. The third-order valence-electron chi connectivity index (χ3n) is 3.86. The zero-order valence-electron chi connectivity index (χ0n) is 11.7. The van der Waals surface area contributed by atoms with Crippen molar-refractivity contribution in [2.75, 3.05) is 0 Å². The average molecular weight is 335 g/mol. The highest BCUT2D eigenvalue weighted by molar-refractivity contribution is 7.99. The van der Waals surface area contributed by atoms with Crippen LogP contribution in [0.2, 0.25) is 0 Å². The van der Waals surface area contributed by atoms with Crippen LogP contribution in [0.25, 0.3) is 11.0 Å². The van der Waals surface area contributed by atoms with Crippen LogP contribution in [-0.2, 0) is 5.75 Å². The molecule has 118 valence electrons. The van der Waals surface area contributed by atoms with Gasteiger partial charge < -0.3 is 9.77 Å². The van der Waals surface area contributed by atoms with Crippen molar-refractivity contribution in [1.82, 2.24) is 9.55 Å². The molecule has 2 N–H and O–H groups in total. The van der Waals surface area contributed by atoms with E-state index >= 15 is 0 Å². The molecule has 0 bridgehead atoms. The number of quaternary nitrogens is 1. The average Bonchev–Trinajstić information content (AvgIpc) is 3.06. The molecule has 4 rings (SSSR count). The fraction of sp³-hybridized carbons (Fsp3) is 0.133. The lowest BCUT2D eigenvalue weighted by Crippen LogP contribution is -2.99. The molecule has 1 aliphatic rings. The molecule has 5 nitrogen and oxygen atoms in total. The molecule has 0 aliphatic carbocycles. The van der Waals surface area contributed by atoms with E-state index in [1.807, 2.05) is 0 Å². The summed E-state index contributed by atoms with van der Waals surface area (Å²) in [6, 6.07) is 8.34. The summed E-state index contributed by atoms with van der Waals surface area (Å²) in [6.45, 7) is 0. The van der Waals surface area contributed by atoms with Crippen molar-refractivity contribution in [3.05, 3.63) is 64.6 Å². The second kappa shape index (κ2) is 5.27. The number of hydrogen-bond donors (Lipinski definition) is 2. The van der Waals surface area contributed by atoms with Crippen LogP contribution in [0.1, 0.15) is 16.8 Å². The van der Waals surface area contributed by atoms with Gasteiger partial charge in [0.25, 0.3) is 0 Å². The van der Waals surface area contributed by atoms with Gasteiger partial charge in [-0.15, -0.1) is 11.8 Å². The Balaban J connectivity index is 1.93. The van der Waals surface area contributed by atoms with Gasteiger partial charge in [-0.1, -0.05) is 6.07 Å². The van der Waals surface area contributed by atoms with Crippen molar-refractivity contribution in [2.45, 2.75) is 11.1 Å². The molecule has 0 radical (unpaired) electrons. The summed E-state index contributed by atoms with van der Waals surface area (Å²) in [4.78, 5) is 4.43. The number of rotatable bonds is 2. The minimum absolute atomic E-state index is 0.0312. The maximum atomic E-state index is 14.1. The largest absolute Gasteiger partial charge is 0.595 e.